The number of carbonyl (C=O) groups is 2. The molecule has 1 aliphatic rings. The maximum atomic E-state index is 13.5. The number of amides is 1. The Hall–Kier alpha value is -4.29. The van der Waals surface area contributed by atoms with Gasteiger partial charge in [0.25, 0.3) is 5.91 Å². The lowest BCUT2D eigenvalue weighted by Crippen LogP contribution is -2.31. The van der Waals surface area contributed by atoms with Gasteiger partial charge in [0.15, 0.2) is 0 Å². The van der Waals surface area contributed by atoms with Gasteiger partial charge in [0.05, 0.1) is 10.6 Å². The summed E-state index contributed by atoms with van der Waals surface area (Å²) < 4.78 is 45.2. The molecule has 13 heteroatoms. The number of hydrogen-bond donors (Lipinski definition) is 3. The molecule has 3 heterocycles. The first-order valence-corrected chi connectivity index (χ1v) is 9.19. The molecule has 1 aliphatic heterocycles. The van der Waals surface area contributed by atoms with Crippen LogP contribution in [0, 0.1) is 15.9 Å². The number of aliphatic carboxylic acids is 1. The fourth-order valence-electron chi connectivity index (χ4n) is 3.15. The maximum Gasteiger partial charge on any atom is 0.490 e. The molecule has 3 N–H and O–H groups in total. The Labute approximate surface area is 182 Å². The molecule has 0 fully saturated rings. The first-order valence-electron chi connectivity index (χ1n) is 9.19. The molecule has 172 valence electrons. The molecule has 1 amide bonds. The lowest BCUT2D eigenvalue weighted by Gasteiger charge is -2.10. The van der Waals surface area contributed by atoms with Crippen LogP contribution in [0.1, 0.15) is 16.1 Å². The number of hydrogen-bond acceptors (Lipinski definition) is 5. The summed E-state index contributed by atoms with van der Waals surface area (Å²) in [6.45, 7) is 0.424. The van der Waals surface area contributed by atoms with Crippen LogP contribution in [0.4, 0.5) is 23.2 Å². The van der Waals surface area contributed by atoms with Crippen LogP contribution in [-0.4, -0.2) is 44.6 Å². The number of aromatic nitrogens is 2. The van der Waals surface area contributed by atoms with Gasteiger partial charge in [-0.3, -0.25) is 19.9 Å². The van der Waals surface area contributed by atoms with E-state index < -0.39 is 28.8 Å². The second-order valence-electron chi connectivity index (χ2n) is 6.71. The monoisotopic (exact) mass is 466 g/mol. The lowest BCUT2D eigenvalue weighted by atomic mass is 10.0. The molecule has 0 unspecified atom stereocenters. The molecule has 4 rings (SSSR count). The normalized spacial score (nSPS) is 12.8. The second kappa shape index (κ2) is 9.06. The highest BCUT2D eigenvalue weighted by atomic mass is 19.4. The lowest BCUT2D eigenvalue weighted by molar-refractivity contribution is -0.384. The van der Waals surface area contributed by atoms with E-state index in [4.69, 9.17) is 9.90 Å². The summed E-state index contributed by atoms with van der Waals surface area (Å²) >= 11 is 0. The number of carboxylic acid groups (broad SMARTS) is 1. The molecule has 33 heavy (non-hydrogen) atoms. The number of nitro groups is 1. The van der Waals surface area contributed by atoms with Gasteiger partial charge in [-0.15, -0.1) is 0 Å². The molecule has 0 bridgehead atoms. The summed E-state index contributed by atoms with van der Waals surface area (Å²) in [4.78, 5) is 39.3. The van der Waals surface area contributed by atoms with Gasteiger partial charge in [0.1, 0.15) is 17.1 Å². The molecule has 0 saturated carbocycles. The maximum absolute atomic E-state index is 13.5. The van der Waals surface area contributed by atoms with Gasteiger partial charge in [-0.2, -0.15) is 13.2 Å². The van der Waals surface area contributed by atoms with E-state index in [0.717, 1.165) is 0 Å². The van der Waals surface area contributed by atoms with Crippen molar-refractivity contribution in [2.45, 2.75) is 12.6 Å². The quantitative estimate of drug-likeness (QED) is 0.306. The third kappa shape index (κ3) is 5.14. The Morgan fingerprint density at radius 1 is 1.18 bits per heavy atom. The van der Waals surface area contributed by atoms with E-state index in [1.807, 2.05) is 0 Å². The van der Waals surface area contributed by atoms with Gasteiger partial charge in [0, 0.05) is 36.0 Å². The van der Waals surface area contributed by atoms with Crippen molar-refractivity contribution in [3.05, 3.63) is 69.8 Å². The van der Waals surface area contributed by atoms with Crippen molar-refractivity contribution in [2.75, 3.05) is 6.54 Å². The molecule has 0 radical (unpaired) electrons. The van der Waals surface area contributed by atoms with E-state index in [-0.39, 0.29) is 16.9 Å². The molecular weight excluding hydrogens is 452 g/mol. The largest absolute Gasteiger partial charge is 0.490 e. The van der Waals surface area contributed by atoms with Crippen molar-refractivity contribution in [1.29, 1.82) is 0 Å². The van der Waals surface area contributed by atoms with E-state index in [1.54, 1.807) is 24.3 Å². The average Bonchev–Trinajstić information content (AvgIpc) is 3.15. The first-order chi connectivity index (χ1) is 15.5. The third-order valence-electron chi connectivity index (χ3n) is 4.53. The Morgan fingerprint density at radius 2 is 1.88 bits per heavy atom. The molecule has 0 spiro atoms. The fraction of sp³-hybridized carbons (Fsp3) is 0.150. The molecule has 2 aromatic heterocycles. The van der Waals surface area contributed by atoms with E-state index >= 15 is 0 Å². The van der Waals surface area contributed by atoms with E-state index in [1.165, 1.54) is 18.3 Å². The van der Waals surface area contributed by atoms with Crippen LogP contribution in [0.15, 0.2) is 42.6 Å². The zero-order chi connectivity index (χ0) is 24.3. The Bertz CT molecular complexity index is 1240. The number of halogens is 4. The highest BCUT2D eigenvalue weighted by Gasteiger charge is 2.38. The highest BCUT2D eigenvalue weighted by Crippen LogP contribution is 2.37. The van der Waals surface area contributed by atoms with E-state index in [0.29, 0.717) is 35.5 Å². The Balaban J connectivity index is 0.000000383. The number of H-pyrrole nitrogens is 1. The van der Waals surface area contributed by atoms with Crippen molar-refractivity contribution in [1.82, 2.24) is 15.3 Å². The average molecular weight is 466 g/mol. The molecule has 0 aliphatic carbocycles. The first kappa shape index (κ1) is 23.4. The minimum atomic E-state index is -5.08. The van der Waals surface area contributed by atoms with Gasteiger partial charge in [-0.05, 0) is 24.3 Å². The van der Waals surface area contributed by atoms with Crippen molar-refractivity contribution in [2.24, 2.45) is 0 Å². The van der Waals surface area contributed by atoms with Crippen molar-refractivity contribution in [3.8, 4) is 22.5 Å². The molecule has 1 aromatic carbocycles. The number of carboxylic acids is 1. The second-order valence-corrected chi connectivity index (χ2v) is 6.71. The number of aromatic amines is 1. The number of rotatable bonds is 3. The van der Waals surface area contributed by atoms with E-state index in [9.17, 15) is 32.5 Å². The number of nitrogens with zero attached hydrogens (tertiary/aromatic N) is 2. The zero-order valence-electron chi connectivity index (χ0n) is 16.4. The molecular formula is C20H14F4N4O5. The van der Waals surface area contributed by atoms with Gasteiger partial charge < -0.3 is 15.4 Å². The van der Waals surface area contributed by atoms with Gasteiger partial charge in [-0.25, -0.2) is 9.18 Å². The Morgan fingerprint density at radius 3 is 2.48 bits per heavy atom. The zero-order valence-corrected chi connectivity index (χ0v) is 16.4. The van der Waals surface area contributed by atoms with Crippen molar-refractivity contribution < 1.29 is 37.2 Å². The predicted molar refractivity (Wildman–Crippen MR) is 106 cm³/mol. The van der Waals surface area contributed by atoms with Crippen LogP contribution in [0.3, 0.4) is 0 Å². The summed E-state index contributed by atoms with van der Waals surface area (Å²) in [6.07, 6.45) is -3.09. The van der Waals surface area contributed by atoms with Crippen LogP contribution >= 0.6 is 0 Å². The van der Waals surface area contributed by atoms with Gasteiger partial charge in [0.2, 0.25) is 0 Å². The predicted octanol–water partition coefficient (Wildman–Crippen LogP) is 3.71. The highest BCUT2D eigenvalue weighted by molar-refractivity contribution is 6.03. The topological polar surface area (TPSA) is 138 Å². The van der Waals surface area contributed by atoms with Gasteiger partial charge >= 0.3 is 17.8 Å². The number of alkyl halides is 3. The SMILES string of the molecule is O=C(O)C(F)(F)F.O=C1NCCc2[nH]c(-c3ccnc(-c4cccc(F)c4)c3)c([N+](=O)[O-])c21. The molecule has 9 nitrogen and oxygen atoms in total. The number of carbonyl (C=O) groups excluding carboxylic acids is 1. The summed E-state index contributed by atoms with van der Waals surface area (Å²) in [5.41, 5.74) is 2.15. The van der Waals surface area contributed by atoms with E-state index in [2.05, 4.69) is 15.3 Å². The molecule has 0 atom stereocenters. The number of benzene rings is 1. The van der Waals surface area contributed by atoms with Crippen LogP contribution in [0.2, 0.25) is 0 Å². The summed E-state index contributed by atoms with van der Waals surface area (Å²) in [6, 6.07) is 9.20. The molecule has 0 saturated heterocycles. The summed E-state index contributed by atoms with van der Waals surface area (Å²) in [5, 5.41) is 21.4. The number of nitrogens with one attached hydrogen (secondary N) is 2. The van der Waals surface area contributed by atoms with Crippen LogP contribution < -0.4 is 5.32 Å². The Kier molecular flexibility index (Phi) is 6.42. The van der Waals surface area contributed by atoms with Crippen molar-refractivity contribution >= 4 is 17.6 Å². The standard InChI is InChI=1S/C18H13FN4O3.C2HF3O2/c19-12-3-1-2-10(8-12)14-9-11(4-6-20-14)16-17(23(25)26)15-13(22-16)5-7-21-18(15)24;3-2(4,5)1(6)7/h1-4,6,8-9,22H,5,7H2,(H,21,24);(H,6,7). The van der Waals surface area contributed by atoms with Crippen LogP contribution in [-0.2, 0) is 11.2 Å². The number of pyridine rings is 1. The van der Waals surface area contributed by atoms with Crippen molar-refractivity contribution in [3.63, 3.8) is 0 Å². The van der Waals surface area contributed by atoms with Gasteiger partial charge in [-0.1, -0.05) is 12.1 Å². The smallest absolute Gasteiger partial charge is 0.475 e. The fourth-order valence-corrected chi connectivity index (χ4v) is 3.15. The minimum absolute atomic E-state index is 0.0698. The van der Waals surface area contributed by atoms with Crippen LogP contribution in [0.5, 0.6) is 0 Å². The minimum Gasteiger partial charge on any atom is -0.475 e. The third-order valence-corrected chi connectivity index (χ3v) is 4.53. The summed E-state index contributed by atoms with van der Waals surface area (Å²) in [7, 11) is 0. The summed E-state index contributed by atoms with van der Waals surface area (Å²) in [5.74, 6) is -3.61. The van der Waals surface area contributed by atoms with Crippen LogP contribution in [0.25, 0.3) is 22.5 Å². The number of fused-ring (bicyclic) bond motifs is 1. The molecule has 3 aromatic rings.